The van der Waals surface area contributed by atoms with Gasteiger partial charge in [-0.25, -0.2) is 13.8 Å². The summed E-state index contributed by atoms with van der Waals surface area (Å²) in [4.78, 5) is 17.0. The van der Waals surface area contributed by atoms with Crippen LogP contribution in [0.4, 0.5) is 13.9 Å². The third-order valence-electron chi connectivity index (χ3n) is 4.04. The van der Waals surface area contributed by atoms with Gasteiger partial charge in [0.25, 0.3) is 5.91 Å². The Morgan fingerprint density at radius 1 is 0.931 bits per heavy atom. The van der Waals surface area contributed by atoms with E-state index in [4.69, 9.17) is 4.74 Å². The number of nitrogens with one attached hydrogen (secondary N) is 1. The molecule has 0 unspecified atom stereocenters. The SMILES string of the molecule is O=C(Nc1nc(-c2ccc(F)c(F)c2)cs1)c1ccccc1Oc1ccccc1. The minimum atomic E-state index is -0.951. The van der Waals surface area contributed by atoms with Crippen LogP contribution in [0.1, 0.15) is 10.4 Å². The van der Waals surface area contributed by atoms with E-state index in [1.54, 1.807) is 41.8 Å². The topological polar surface area (TPSA) is 51.2 Å². The van der Waals surface area contributed by atoms with E-state index in [0.29, 0.717) is 33.5 Å². The summed E-state index contributed by atoms with van der Waals surface area (Å²) in [6.07, 6.45) is 0. The number of halogens is 2. The normalized spacial score (nSPS) is 10.6. The van der Waals surface area contributed by atoms with Gasteiger partial charge in [0.1, 0.15) is 11.5 Å². The molecule has 0 saturated carbocycles. The molecule has 0 radical (unpaired) electrons. The van der Waals surface area contributed by atoms with E-state index in [9.17, 15) is 13.6 Å². The van der Waals surface area contributed by atoms with Crippen molar-refractivity contribution in [3.63, 3.8) is 0 Å². The van der Waals surface area contributed by atoms with Crippen molar-refractivity contribution in [2.24, 2.45) is 0 Å². The Kier molecular flexibility index (Phi) is 5.31. The Hall–Kier alpha value is -3.58. The van der Waals surface area contributed by atoms with Crippen LogP contribution >= 0.6 is 11.3 Å². The van der Waals surface area contributed by atoms with Gasteiger partial charge in [-0.15, -0.1) is 11.3 Å². The monoisotopic (exact) mass is 408 g/mol. The lowest BCUT2D eigenvalue weighted by Gasteiger charge is -2.10. The molecule has 4 aromatic rings. The van der Waals surface area contributed by atoms with Gasteiger partial charge in [0.05, 0.1) is 11.3 Å². The molecule has 1 N–H and O–H groups in total. The van der Waals surface area contributed by atoms with Gasteiger partial charge in [0, 0.05) is 10.9 Å². The summed E-state index contributed by atoms with van der Waals surface area (Å²) in [6, 6.07) is 19.6. The summed E-state index contributed by atoms with van der Waals surface area (Å²) in [7, 11) is 0. The van der Waals surface area contributed by atoms with E-state index in [1.807, 2.05) is 18.2 Å². The maximum Gasteiger partial charge on any atom is 0.261 e. The van der Waals surface area contributed by atoms with Crippen molar-refractivity contribution in [3.05, 3.63) is 95.4 Å². The first-order chi connectivity index (χ1) is 14.1. The average Bonchev–Trinajstić information content (AvgIpc) is 3.19. The Labute approximate surface area is 169 Å². The van der Waals surface area contributed by atoms with Crippen molar-refractivity contribution < 1.29 is 18.3 Å². The molecule has 4 nitrogen and oxygen atoms in total. The van der Waals surface area contributed by atoms with Crippen molar-refractivity contribution in [2.45, 2.75) is 0 Å². The molecule has 144 valence electrons. The molecular weight excluding hydrogens is 394 g/mol. The van der Waals surface area contributed by atoms with Crippen LogP contribution in [0.2, 0.25) is 0 Å². The highest BCUT2D eigenvalue weighted by molar-refractivity contribution is 7.14. The predicted molar refractivity (Wildman–Crippen MR) is 108 cm³/mol. The Balaban J connectivity index is 1.53. The second-order valence-corrected chi connectivity index (χ2v) is 6.89. The van der Waals surface area contributed by atoms with Gasteiger partial charge in [-0.1, -0.05) is 30.3 Å². The number of rotatable bonds is 5. The summed E-state index contributed by atoms with van der Waals surface area (Å²) in [5.41, 5.74) is 1.22. The number of aromatic nitrogens is 1. The summed E-state index contributed by atoms with van der Waals surface area (Å²) >= 11 is 1.19. The van der Waals surface area contributed by atoms with Gasteiger partial charge in [0.2, 0.25) is 0 Å². The van der Waals surface area contributed by atoms with Crippen molar-refractivity contribution in [3.8, 4) is 22.8 Å². The standard InChI is InChI=1S/C22H14F2N2O2S/c23-17-11-10-14(12-18(17)24)19-13-29-22(25-19)26-21(27)16-8-4-5-9-20(16)28-15-6-2-1-3-7-15/h1-13H,(H,25,26,27). The van der Waals surface area contributed by atoms with Crippen LogP contribution in [0.25, 0.3) is 11.3 Å². The van der Waals surface area contributed by atoms with Crippen LogP contribution in [0.3, 0.4) is 0 Å². The van der Waals surface area contributed by atoms with Gasteiger partial charge in [-0.2, -0.15) is 0 Å². The highest BCUT2D eigenvalue weighted by Gasteiger charge is 2.15. The zero-order valence-corrected chi connectivity index (χ0v) is 15.7. The van der Waals surface area contributed by atoms with Gasteiger partial charge in [-0.3, -0.25) is 10.1 Å². The number of para-hydroxylation sites is 2. The number of amides is 1. The molecule has 1 heterocycles. The first-order valence-electron chi connectivity index (χ1n) is 8.64. The molecule has 1 aromatic heterocycles. The summed E-state index contributed by atoms with van der Waals surface area (Å²) in [6.45, 7) is 0. The number of nitrogens with zero attached hydrogens (tertiary/aromatic N) is 1. The Morgan fingerprint density at radius 2 is 1.69 bits per heavy atom. The largest absolute Gasteiger partial charge is 0.457 e. The van der Waals surface area contributed by atoms with E-state index in [2.05, 4.69) is 10.3 Å². The minimum absolute atomic E-state index is 0.337. The van der Waals surface area contributed by atoms with Crippen molar-refractivity contribution in [1.29, 1.82) is 0 Å². The number of hydrogen-bond donors (Lipinski definition) is 1. The Morgan fingerprint density at radius 3 is 2.48 bits per heavy atom. The van der Waals surface area contributed by atoms with Crippen molar-refractivity contribution >= 4 is 22.4 Å². The van der Waals surface area contributed by atoms with E-state index < -0.39 is 11.6 Å². The highest BCUT2D eigenvalue weighted by atomic mass is 32.1. The molecule has 0 aliphatic heterocycles. The van der Waals surface area contributed by atoms with E-state index in [1.165, 1.54) is 17.4 Å². The van der Waals surface area contributed by atoms with Crippen LogP contribution in [0.5, 0.6) is 11.5 Å². The van der Waals surface area contributed by atoms with Crippen LogP contribution in [0.15, 0.2) is 78.2 Å². The molecule has 0 aliphatic carbocycles. The molecule has 3 aromatic carbocycles. The van der Waals surface area contributed by atoms with Crippen LogP contribution in [-0.2, 0) is 0 Å². The van der Waals surface area contributed by atoms with E-state index in [0.717, 1.165) is 12.1 Å². The smallest absolute Gasteiger partial charge is 0.261 e. The fourth-order valence-electron chi connectivity index (χ4n) is 2.64. The quantitative estimate of drug-likeness (QED) is 0.432. The number of carbonyl (C=O) groups excluding carboxylic acids is 1. The average molecular weight is 408 g/mol. The lowest BCUT2D eigenvalue weighted by atomic mass is 10.1. The van der Waals surface area contributed by atoms with Gasteiger partial charge in [-0.05, 0) is 42.5 Å². The lowest BCUT2D eigenvalue weighted by Crippen LogP contribution is -2.12. The molecule has 0 bridgehead atoms. The van der Waals surface area contributed by atoms with Gasteiger partial charge in [0.15, 0.2) is 16.8 Å². The fraction of sp³-hybridized carbons (Fsp3) is 0. The first-order valence-corrected chi connectivity index (χ1v) is 9.52. The summed E-state index contributed by atoms with van der Waals surface area (Å²) in [5, 5.41) is 4.72. The number of benzene rings is 3. The van der Waals surface area contributed by atoms with Gasteiger partial charge >= 0.3 is 0 Å². The molecule has 0 fully saturated rings. The molecule has 29 heavy (non-hydrogen) atoms. The molecular formula is C22H14F2N2O2S. The summed E-state index contributed by atoms with van der Waals surface area (Å²) < 4.78 is 32.4. The van der Waals surface area contributed by atoms with Crippen LogP contribution in [0, 0.1) is 11.6 Å². The third-order valence-corrected chi connectivity index (χ3v) is 4.80. The predicted octanol–water partition coefficient (Wildman–Crippen LogP) is 6.13. The van der Waals surface area contributed by atoms with Crippen molar-refractivity contribution in [2.75, 3.05) is 5.32 Å². The number of carbonyl (C=O) groups is 1. The molecule has 1 amide bonds. The van der Waals surface area contributed by atoms with Gasteiger partial charge < -0.3 is 4.74 Å². The minimum Gasteiger partial charge on any atom is -0.457 e. The fourth-order valence-corrected chi connectivity index (χ4v) is 3.36. The molecule has 0 spiro atoms. The zero-order chi connectivity index (χ0) is 20.2. The summed E-state index contributed by atoms with van der Waals surface area (Å²) in [5.74, 6) is -1.24. The number of hydrogen-bond acceptors (Lipinski definition) is 4. The molecule has 0 saturated heterocycles. The van der Waals surface area contributed by atoms with E-state index >= 15 is 0 Å². The Bertz CT molecular complexity index is 1160. The van der Waals surface area contributed by atoms with E-state index in [-0.39, 0.29) is 5.91 Å². The number of thiazole rings is 1. The second-order valence-electron chi connectivity index (χ2n) is 6.03. The number of anilines is 1. The number of ether oxygens (including phenoxy) is 1. The van der Waals surface area contributed by atoms with Crippen LogP contribution < -0.4 is 10.1 Å². The zero-order valence-electron chi connectivity index (χ0n) is 14.9. The molecule has 0 atom stereocenters. The van der Waals surface area contributed by atoms with Crippen molar-refractivity contribution in [1.82, 2.24) is 4.98 Å². The van der Waals surface area contributed by atoms with Crippen LogP contribution in [-0.4, -0.2) is 10.9 Å². The maximum atomic E-state index is 13.4. The molecule has 0 aliphatic rings. The maximum absolute atomic E-state index is 13.4. The lowest BCUT2D eigenvalue weighted by molar-refractivity contribution is 0.102. The molecule has 7 heteroatoms. The third kappa shape index (κ3) is 4.30. The highest BCUT2D eigenvalue weighted by Crippen LogP contribution is 2.29. The second kappa shape index (κ2) is 8.20. The first kappa shape index (κ1) is 18.8. The molecule has 4 rings (SSSR count).